The van der Waals surface area contributed by atoms with Crippen LogP contribution in [0.5, 0.6) is 5.75 Å². The van der Waals surface area contributed by atoms with Gasteiger partial charge in [-0.25, -0.2) is 4.90 Å². The van der Waals surface area contributed by atoms with Gasteiger partial charge in [-0.1, -0.05) is 0 Å². The molecule has 1 N–H and O–H groups in total. The molecule has 198 valence electrons. The molecule has 4 unspecified atom stereocenters. The van der Waals surface area contributed by atoms with E-state index in [2.05, 4.69) is 5.32 Å². The molecule has 0 radical (unpaired) electrons. The SMILES string of the molecule is CC(=O)Nc1ccc(OCCC23CCC(C)(O2)C2C(=O)N(c4ccc(C#N)c(C(F)(F)F)c4)C(=O)C23)cc1. The number of carbonyl (C=O) groups excluding carboxylic acids is 3. The van der Waals surface area contributed by atoms with Crippen molar-refractivity contribution in [2.45, 2.75) is 50.5 Å². The van der Waals surface area contributed by atoms with Crippen LogP contribution in [-0.4, -0.2) is 35.5 Å². The van der Waals surface area contributed by atoms with Gasteiger partial charge in [-0.2, -0.15) is 18.4 Å². The van der Waals surface area contributed by atoms with E-state index >= 15 is 0 Å². The minimum atomic E-state index is -4.82. The highest BCUT2D eigenvalue weighted by Crippen LogP contribution is 2.62. The lowest BCUT2D eigenvalue weighted by Crippen LogP contribution is -2.43. The lowest BCUT2D eigenvalue weighted by Gasteiger charge is -2.31. The second kappa shape index (κ2) is 8.84. The molecular formula is C27H24F3N3O5. The fraction of sp³-hybridized carbons (Fsp3) is 0.407. The zero-order chi connectivity index (χ0) is 27.5. The van der Waals surface area contributed by atoms with Crippen LogP contribution in [0.15, 0.2) is 42.5 Å². The fourth-order valence-electron chi connectivity index (χ4n) is 6.05. The van der Waals surface area contributed by atoms with Gasteiger partial charge in [-0.3, -0.25) is 14.4 Å². The minimum Gasteiger partial charge on any atom is -0.493 e. The molecule has 8 nitrogen and oxygen atoms in total. The van der Waals surface area contributed by atoms with Gasteiger partial charge < -0.3 is 14.8 Å². The molecule has 0 aromatic heterocycles. The Morgan fingerprint density at radius 2 is 1.84 bits per heavy atom. The first-order chi connectivity index (χ1) is 17.9. The summed E-state index contributed by atoms with van der Waals surface area (Å²) in [5.41, 5.74) is -3.30. The van der Waals surface area contributed by atoms with Crippen LogP contribution in [0, 0.1) is 23.2 Å². The molecule has 3 aliphatic heterocycles. The standard InChI is InChI=1S/C27H24F3N3O5/c1-15(34)32-17-4-7-19(8-5-17)37-12-11-26-10-9-25(2,38-26)21-22(26)24(36)33(23(21)35)18-6-3-16(14-31)20(13-18)27(28,29)30/h3-8,13,21-22H,9-12H2,1-2H3,(H,32,34). The zero-order valence-electron chi connectivity index (χ0n) is 20.6. The topological polar surface area (TPSA) is 109 Å². The van der Waals surface area contributed by atoms with Crippen molar-refractivity contribution < 1.29 is 37.0 Å². The number of anilines is 2. The number of rotatable bonds is 6. The first-order valence-electron chi connectivity index (χ1n) is 12.1. The van der Waals surface area contributed by atoms with Crippen molar-refractivity contribution in [3.8, 4) is 11.8 Å². The number of hydrogen-bond donors (Lipinski definition) is 1. The number of benzene rings is 2. The Balaban J connectivity index is 1.37. The zero-order valence-corrected chi connectivity index (χ0v) is 20.6. The Morgan fingerprint density at radius 1 is 1.16 bits per heavy atom. The van der Waals surface area contributed by atoms with Crippen molar-refractivity contribution >= 4 is 29.1 Å². The van der Waals surface area contributed by atoms with E-state index in [1.54, 1.807) is 31.2 Å². The van der Waals surface area contributed by atoms with E-state index in [0.717, 1.165) is 11.0 Å². The lowest BCUT2D eigenvalue weighted by molar-refractivity contribution is -0.138. The summed E-state index contributed by atoms with van der Waals surface area (Å²) >= 11 is 0. The normalized spacial score (nSPS) is 27.8. The van der Waals surface area contributed by atoms with Crippen molar-refractivity contribution in [3.05, 3.63) is 53.6 Å². The molecule has 3 heterocycles. The van der Waals surface area contributed by atoms with Gasteiger partial charge in [0.05, 0.1) is 52.5 Å². The molecule has 5 rings (SSSR count). The van der Waals surface area contributed by atoms with Gasteiger partial charge in [0.15, 0.2) is 0 Å². The monoisotopic (exact) mass is 527 g/mol. The molecule has 4 atom stereocenters. The van der Waals surface area contributed by atoms with E-state index in [4.69, 9.17) is 14.7 Å². The van der Waals surface area contributed by atoms with Crippen molar-refractivity contribution in [2.24, 2.45) is 11.8 Å². The van der Waals surface area contributed by atoms with E-state index < -0.39 is 52.2 Å². The third-order valence-corrected chi connectivity index (χ3v) is 7.67. The number of nitrogens with zero attached hydrogens (tertiary/aromatic N) is 2. The molecule has 3 amide bonds. The summed E-state index contributed by atoms with van der Waals surface area (Å²) in [5, 5.41) is 11.7. The van der Waals surface area contributed by atoms with E-state index in [9.17, 15) is 27.6 Å². The van der Waals surface area contributed by atoms with Crippen LogP contribution in [0.1, 0.15) is 44.2 Å². The number of nitrogens with one attached hydrogen (secondary N) is 1. The second-order valence-corrected chi connectivity index (χ2v) is 10.1. The van der Waals surface area contributed by atoms with Crippen molar-refractivity contribution in [3.63, 3.8) is 0 Å². The predicted octanol–water partition coefficient (Wildman–Crippen LogP) is 4.43. The van der Waals surface area contributed by atoms with E-state index in [-0.39, 0.29) is 18.2 Å². The number of halogens is 3. The summed E-state index contributed by atoms with van der Waals surface area (Å²) < 4.78 is 52.8. The van der Waals surface area contributed by atoms with Gasteiger partial charge in [-0.05, 0) is 62.2 Å². The first kappa shape index (κ1) is 25.7. The van der Waals surface area contributed by atoms with Crippen LogP contribution in [-0.2, 0) is 25.3 Å². The highest BCUT2D eigenvalue weighted by molar-refractivity contribution is 6.23. The first-order valence-corrected chi connectivity index (χ1v) is 12.1. The summed E-state index contributed by atoms with van der Waals surface area (Å²) in [4.78, 5) is 39.1. The van der Waals surface area contributed by atoms with E-state index in [1.807, 2.05) is 0 Å². The lowest BCUT2D eigenvalue weighted by atomic mass is 9.67. The van der Waals surface area contributed by atoms with E-state index in [0.29, 0.717) is 36.8 Å². The van der Waals surface area contributed by atoms with Crippen LogP contribution < -0.4 is 15.0 Å². The largest absolute Gasteiger partial charge is 0.493 e. The predicted molar refractivity (Wildman–Crippen MR) is 128 cm³/mol. The van der Waals surface area contributed by atoms with Gasteiger partial charge in [0.25, 0.3) is 0 Å². The van der Waals surface area contributed by atoms with Crippen LogP contribution in [0.4, 0.5) is 24.5 Å². The molecule has 38 heavy (non-hydrogen) atoms. The summed E-state index contributed by atoms with van der Waals surface area (Å²) in [6.45, 7) is 3.34. The third-order valence-electron chi connectivity index (χ3n) is 7.67. The molecule has 3 aliphatic rings. The molecule has 2 aromatic carbocycles. The number of fused-ring (bicyclic) bond motifs is 5. The number of alkyl halides is 3. The Hall–Kier alpha value is -3.91. The van der Waals surface area contributed by atoms with Gasteiger partial charge in [0, 0.05) is 19.0 Å². The summed E-state index contributed by atoms with van der Waals surface area (Å²) in [7, 11) is 0. The Morgan fingerprint density at radius 3 is 2.47 bits per heavy atom. The molecule has 0 spiro atoms. The van der Waals surface area contributed by atoms with Crippen LogP contribution >= 0.6 is 0 Å². The van der Waals surface area contributed by atoms with E-state index in [1.165, 1.54) is 19.1 Å². The van der Waals surface area contributed by atoms with Gasteiger partial charge in [-0.15, -0.1) is 0 Å². The third kappa shape index (κ3) is 4.09. The highest BCUT2D eigenvalue weighted by Gasteiger charge is 2.73. The maximum absolute atomic E-state index is 13.6. The molecule has 3 fully saturated rings. The summed E-state index contributed by atoms with van der Waals surface area (Å²) in [5.74, 6) is -2.55. The number of amides is 3. The maximum Gasteiger partial charge on any atom is 0.417 e. The molecule has 3 saturated heterocycles. The Kier molecular flexibility index (Phi) is 5.98. The average molecular weight is 527 g/mol. The van der Waals surface area contributed by atoms with Crippen LogP contribution in [0.2, 0.25) is 0 Å². The molecule has 0 aliphatic carbocycles. The van der Waals surface area contributed by atoms with Crippen LogP contribution in [0.3, 0.4) is 0 Å². The highest BCUT2D eigenvalue weighted by atomic mass is 19.4. The van der Waals surface area contributed by atoms with Gasteiger partial charge in [0.1, 0.15) is 5.75 Å². The van der Waals surface area contributed by atoms with Crippen LogP contribution in [0.25, 0.3) is 0 Å². The van der Waals surface area contributed by atoms with Crippen molar-refractivity contribution in [1.29, 1.82) is 5.26 Å². The molecule has 11 heteroatoms. The summed E-state index contributed by atoms with van der Waals surface area (Å²) in [6.07, 6.45) is -3.50. The second-order valence-electron chi connectivity index (χ2n) is 10.1. The number of ether oxygens (including phenoxy) is 2. The van der Waals surface area contributed by atoms with Crippen molar-refractivity contribution in [2.75, 3.05) is 16.8 Å². The smallest absolute Gasteiger partial charge is 0.417 e. The molecule has 2 aromatic rings. The molecular weight excluding hydrogens is 503 g/mol. The number of carbonyl (C=O) groups is 3. The number of nitriles is 1. The maximum atomic E-state index is 13.6. The van der Waals surface area contributed by atoms with Gasteiger partial charge in [0.2, 0.25) is 17.7 Å². The minimum absolute atomic E-state index is 0.176. The molecule has 2 bridgehead atoms. The average Bonchev–Trinajstić information content (AvgIpc) is 3.43. The quantitative estimate of drug-likeness (QED) is 0.557. The number of imide groups is 1. The Bertz CT molecular complexity index is 1370. The van der Waals surface area contributed by atoms with Gasteiger partial charge >= 0.3 is 6.18 Å². The number of hydrogen-bond acceptors (Lipinski definition) is 6. The molecule has 0 saturated carbocycles. The summed E-state index contributed by atoms with van der Waals surface area (Å²) in [6, 6.07) is 11.1. The Labute approximate surface area is 216 Å². The van der Waals surface area contributed by atoms with Crippen molar-refractivity contribution in [1.82, 2.24) is 0 Å². The fourth-order valence-corrected chi connectivity index (χ4v) is 6.05.